The van der Waals surface area contributed by atoms with Gasteiger partial charge < -0.3 is 9.84 Å². The average molecular weight is 285 g/mol. The van der Waals surface area contributed by atoms with Gasteiger partial charge in [0, 0.05) is 13.2 Å². The van der Waals surface area contributed by atoms with E-state index in [0.29, 0.717) is 24.3 Å². The predicted molar refractivity (Wildman–Crippen MR) is 72.0 cm³/mol. The van der Waals surface area contributed by atoms with E-state index in [0.717, 1.165) is 12.8 Å². The maximum absolute atomic E-state index is 11.9. The van der Waals surface area contributed by atoms with Crippen LogP contribution < -0.4 is 4.72 Å². The van der Waals surface area contributed by atoms with Crippen LogP contribution in [0.4, 0.5) is 0 Å². The van der Waals surface area contributed by atoms with Crippen molar-refractivity contribution in [2.24, 2.45) is 0 Å². The summed E-state index contributed by atoms with van der Waals surface area (Å²) in [5.74, 6) is -0.0758. The Kier molecular flexibility index (Phi) is 4.93. The third-order valence-electron chi connectivity index (χ3n) is 3.09. The lowest BCUT2D eigenvalue weighted by molar-refractivity contribution is 0.114. The summed E-state index contributed by atoms with van der Waals surface area (Å²) in [6, 6.07) is 6.95. The van der Waals surface area contributed by atoms with Gasteiger partial charge in [0.25, 0.3) is 0 Å². The number of hydrogen-bond donors (Lipinski definition) is 2. The van der Waals surface area contributed by atoms with Crippen LogP contribution >= 0.6 is 0 Å². The van der Waals surface area contributed by atoms with Crippen molar-refractivity contribution in [1.82, 2.24) is 4.72 Å². The molecule has 0 aliphatic carbocycles. The zero-order chi connectivity index (χ0) is 13.7. The monoisotopic (exact) mass is 285 g/mol. The molecule has 0 bridgehead atoms. The van der Waals surface area contributed by atoms with E-state index < -0.39 is 10.0 Å². The van der Waals surface area contributed by atoms with E-state index in [1.165, 1.54) is 0 Å². The van der Waals surface area contributed by atoms with Gasteiger partial charge in [0.2, 0.25) is 10.0 Å². The second kappa shape index (κ2) is 6.47. The van der Waals surface area contributed by atoms with E-state index in [1.807, 2.05) is 0 Å². The number of aliphatic hydroxyl groups excluding tert-OH is 1. The van der Waals surface area contributed by atoms with Crippen LogP contribution in [-0.2, 0) is 27.1 Å². The molecular formula is C13H19NO4S. The molecule has 1 aliphatic heterocycles. The summed E-state index contributed by atoms with van der Waals surface area (Å²) in [5.41, 5.74) is 1.39. The molecule has 1 unspecified atom stereocenters. The topological polar surface area (TPSA) is 75.6 Å². The van der Waals surface area contributed by atoms with Gasteiger partial charge in [0.15, 0.2) is 0 Å². The minimum Gasteiger partial charge on any atom is -0.392 e. The molecule has 2 N–H and O–H groups in total. The molecule has 0 aromatic heterocycles. The Bertz CT molecular complexity index is 509. The smallest absolute Gasteiger partial charge is 0.215 e. The van der Waals surface area contributed by atoms with Crippen LogP contribution in [0.1, 0.15) is 24.0 Å². The molecule has 2 rings (SSSR count). The SMILES string of the molecule is O=S(=O)(Cc1cccc(CO)c1)NCC1CCCO1. The first-order valence-corrected chi connectivity index (χ1v) is 8.02. The first-order valence-electron chi connectivity index (χ1n) is 6.37. The summed E-state index contributed by atoms with van der Waals surface area (Å²) < 4.78 is 31.8. The number of benzene rings is 1. The van der Waals surface area contributed by atoms with Gasteiger partial charge in [-0.15, -0.1) is 0 Å². The molecule has 0 saturated carbocycles. The van der Waals surface area contributed by atoms with Crippen molar-refractivity contribution in [2.75, 3.05) is 13.2 Å². The van der Waals surface area contributed by atoms with Crippen molar-refractivity contribution in [3.63, 3.8) is 0 Å². The Balaban J connectivity index is 1.91. The number of nitrogens with one attached hydrogen (secondary N) is 1. The Morgan fingerprint density at radius 2 is 2.16 bits per heavy atom. The standard InChI is InChI=1S/C13H19NO4S/c15-9-11-3-1-4-12(7-11)10-19(16,17)14-8-13-5-2-6-18-13/h1,3-4,7,13-15H,2,5-6,8-10H2. The molecular weight excluding hydrogens is 266 g/mol. The fourth-order valence-corrected chi connectivity index (χ4v) is 3.27. The second-order valence-electron chi connectivity index (χ2n) is 4.72. The van der Waals surface area contributed by atoms with Crippen LogP contribution in [0.3, 0.4) is 0 Å². The summed E-state index contributed by atoms with van der Waals surface area (Å²) in [4.78, 5) is 0. The highest BCUT2D eigenvalue weighted by molar-refractivity contribution is 7.88. The van der Waals surface area contributed by atoms with E-state index >= 15 is 0 Å². The molecule has 1 aromatic rings. The van der Waals surface area contributed by atoms with Crippen molar-refractivity contribution in [3.8, 4) is 0 Å². The van der Waals surface area contributed by atoms with Gasteiger partial charge in [-0.2, -0.15) is 0 Å². The van der Waals surface area contributed by atoms with Gasteiger partial charge in [-0.25, -0.2) is 13.1 Å². The van der Waals surface area contributed by atoms with Gasteiger partial charge in [-0.05, 0) is 24.0 Å². The fourth-order valence-electron chi connectivity index (χ4n) is 2.11. The van der Waals surface area contributed by atoms with Crippen LogP contribution in [0.25, 0.3) is 0 Å². The lowest BCUT2D eigenvalue weighted by Crippen LogP contribution is -2.32. The summed E-state index contributed by atoms with van der Waals surface area (Å²) in [6.45, 7) is 0.962. The summed E-state index contributed by atoms with van der Waals surface area (Å²) in [7, 11) is -3.36. The van der Waals surface area contributed by atoms with Crippen molar-refractivity contribution < 1.29 is 18.3 Å². The Morgan fingerprint density at radius 1 is 1.37 bits per heavy atom. The highest BCUT2D eigenvalue weighted by Gasteiger charge is 2.19. The van der Waals surface area contributed by atoms with Crippen LogP contribution in [0.15, 0.2) is 24.3 Å². The van der Waals surface area contributed by atoms with Crippen molar-refractivity contribution >= 4 is 10.0 Å². The number of rotatable bonds is 6. The molecule has 1 aliphatic rings. The lowest BCUT2D eigenvalue weighted by atomic mass is 10.1. The average Bonchev–Trinajstić information content (AvgIpc) is 2.89. The van der Waals surface area contributed by atoms with E-state index in [-0.39, 0.29) is 18.5 Å². The van der Waals surface area contributed by atoms with Crippen LogP contribution in [0.2, 0.25) is 0 Å². The van der Waals surface area contributed by atoms with E-state index in [2.05, 4.69) is 4.72 Å². The third-order valence-corrected chi connectivity index (χ3v) is 4.41. The molecule has 1 saturated heterocycles. The minimum absolute atomic E-state index is 0.00134. The van der Waals surface area contributed by atoms with E-state index in [9.17, 15) is 8.42 Å². The molecule has 1 atom stereocenters. The minimum atomic E-state index is -3.36. The molecule has 1 fully saturated rings. The largest absolute Gasteiger partial charge is 0.392 e. The molecule has 19 heavy (non-hydrogen) atoms. The van der Waals surface area contributed by atoms with Crippen LogP contribution in [0.5, 0.6) is 0 Å². The van der Waals surface area contributed by atoms with Crippen molar-refractivity contribution in [3.05, 3.63) is 35.4 Å². The van der Waals surface area contributed by atoms with Gasteiger partial charge in [0.05, 0.1) is 18.5 Å². The van der Waals surface area contributed by atoms with Crippen LogP contribution in [-0.4, -0.2) is 32.8 Å². The highest BCUT2D eigenvalue weighted by atomic mass is 32.2. The fraction of sp³-hybridized carbons (Fsp3) is 0.538. The first kappa shape index (κ1) is 14.5. The quantitative estimate of drug-likeness (QED) is 0.810. The van der Waals surface area contributed by atoms with E-state index in [4.69, 9.17) is 9.84 Å². The molecule has 0 radical (unpaired) electrons. The predicted octanol–water partition coefficient (Wildman–Crippen LogP) is 0.777. The highest BCUT2D eigenvalue weighted by Crippen LogP contribution is 2.12. The lowest BCUT2D eigenvalue weighted by Gasteiger charge is -2.11. The molecule has 6 heteroatoms. The second-order valence-corrected chi connectivity index (χ2v) is 6.53. The molecule has 0 amide bonds. The maximum atomic E-state index is 11.9. The Labute approximate surface area is 113 Å². The van der Waals surface area contributed by atoms with E-state index in [1.54, 1.807) is 24.3 Å². The molecule has 5 nitrogen and oxygen atoms in total. The van der Waals surface area contributed by atoms with Gasteiger partial charge in [-0.1, -0.05) is 24.3 Å². The summed E-state index contributed by atoms with van der Waals surface area (Å²) in [5, 5.41) is 9.03. The van der Waals surface area contributed by atoms with Crippen molar-refractivity contribution in [1.29, 1.82) is 0 Å². The van der Waals surface area contributed by atoms with Crippen LogP contribution in [0, 0.1) is 0 Å². The number of ether oxygens (including phenoxy) is 1. The Hall–Kier alpha value is -0.950. The summed E-state index contributed by atoms with van der Waals surface area (Å²) >= 11 is 0. The van der Waals surface area contributed by atoms with Gasteiger partial charge in [-0.3, -0.25) is 0 Å². The first-order chi connectivity index (χ1) is 9.09. The molecule has 0 spiro atoms. The number of hydrogen-bond acceptors (Lipinski definition) is 4. The molecule has 106 valence electrons. The third kappa shape index (κ3) is 4.58. The normalized spacial score (nSPS) is 19.7. The number of sulfonamides is 1. The zero-order valence-electron chi connectivity index (χ0n) is 10.7. The summed E-state index contributed by atoms with van der Waals surface area (Å²) in [6.07, 6.45) is 1.89. The van der Waals surface area contributed by atoms with Crippen molar-refractivity contribution in [2.45, 2.75) is 31.3 Å². The molecule has 1 aromatic carbocycles. The molecule has 1 heterocycles. The Morgan fingerprint density at radius 3 is 2.84 bits per heavy atom. The zero-order valence-corrected chi connectivity index (χ0v) is 11.5. The van der Waals surface area contributed by atoms with Gasteiger partial charge >= 0.3 is 0 Å². The maximum Gasteiger partial charge on any atom is 0.215 e. The van der Waals surface area contributed by atoms with Gasteiger partial charge in [0.1, 0.15) is 0 Å². The number of aliphatic hydroxyl groups is 1.